The van der Waals surface area contributed by atoms with E-state index in [4.69, 9.17) is 46.4 Å². The summed E-state index contributed by atoms with van der Waals surface area (Å²) in [7, 11) is 0. The Hall–Kier alpha value is -6.32. The van der Waals surface area contributed by atoms with Gasteiger partial charge in [0.05, 0.1) is 22.1 Å². The fourth-order valence-corrected chi connectivity index (χ4v) is 7.14. The number of carbonyl (C=O) groups excluding carboxylic acids is 6. The van der Waals surface area contributed by atoms with Gasteiger partial charge in [-0.15, -0.1) is 23.2 Å². The van der Waals surface area contributed by atoms with Gasteiger partial charge in [0.2, 0.25) is 12.1 Å². The molecule has 0 saturated heterocycles. The molecule has 4 N–H and O–H groups in total. The molecule has 0 aromatic heterocycles. The Labute approximate surface area is 402 Å². The Kier molecular flexibility index (Phi) is 17.8. The largest absolute Gasteiger partial charge is 0.323 e. The van der Waals surface area contributed by atoms with E-state index >= 15 is 0 Å². The molecule has 0 heterocycles. The Morgan fingerprint density at radius 3 is 1.17 bits per heavy atom. The maximum absolute atomic E-state index is 13.6. The molecule has 0 bridgehead atoms. The summed E-state index contributed by atoms with van der Waals surface area (Å²) in [5.41, 5.74) is 5.32. The number of nitrogens with zero attached hydrogens (tertiary/aromatic N) is 4. The molecule has 0 aliphatic carbocycles. The van der Waals surface area contributed by atoms with E-state index in [0.717, 1.165) is 11.1 Å². The van der Waals surface area contributed by atoms with Crippen LogP contribution in [0.5, 0.6) is 0 Å². The SMILES string of the molecule is CCc1cc(NC(=O)C(N=Nc2cc(Cl)cc(C(=O)Nc3ccc(C(C)Cl)cc3)c2)C(C)=O)c(CC)cc1NC(=O)C(N=Nc1cc(Cl)cc(C(=O)Nc2ccc(C(C)Cl)cc2)c1)C(C)=O. The number of anilines is 4. The number of rotatable bonds is 18. The van der Waals surface area contributed by atoms with E-state index in [-0.39, 0.29) is 43.3 Å². The quantitative estimate of drug-likeness (QED) is 0.0382. The number of hydrogen-bond acceptors (Lipinski definition) is 10. The van der Waals surface area contributed by atoms with Crippen molar-refractivity contribution in [2.45, 2.75) is 77.2 Å². The highest BCUT2D eigenvalue weighted by Crippen LogP contribution is 2.30. The number of nitrogens with one attached hydrogen (secondary N) is 4. The van der Waals surface area contributed by atoms with Gasteiger partial charge in [-0.3, -0.25) is 28.8 Å². The minimum absolute atomic E-state index is 0.129. The third kappa shape index (κ3) is 13.8. The Bertz CT molecular complexity index is 2520. The lowest BCUT2D eigenvalue weighted by atomic mass is 10.0. The van der Waals surface area contributed by atoms with Crippen LogP contribution in [0.2, 0.25) is 10.0 Å². The van der Waals surface area contributed by atoms with Crippen molar-refractivity contribution < 1.29 is 28.8 Å². The number of carbonyl (C=O) groups is 6. The second-order valence-electron chi connectivity index (χ2n) is 15.1. The number of Topliss-reactive ketones (excluding diaryl/α,β-unsaturated/α-hetero) is 2. The molecular weight excluding hydrogens is 926 g/mol. The van der Waals surface area contributed by atoms with E-state index < -0.39 is 47.3 Å². The standard InChI is InChI=1S/C48H46Cl4N8O6/c1-7-29-21-42(56-48(66)44(28(6)62)60-58-40-20-34(18-36(52)24-40)46(64)54-38-15-11-32(12-16-38)26(4)50)30(8-2)22-41(29)55-47(65)43(27(5)61)59-57-39-19-33(17-35(51)23-39)45(63)53-37-13-9-31(10-14-37)25(3)49/h9-26,43-44H,7-8H2,1-6H3,(H,53,63)(H,54,64)(H,55,65)(H,56,66). The Morgan fingerprint density at radius 1 is 0.515 bits per heavy atom. The van der Waals surface area contributed by atoms with Gasteiger partial charge in [0.15, 0.2) is 11.6 Å². The topological polar surface area (TPSA) is 200 Å². The predicted octanol–water partition coefficient (Wildman–Crippen LogP) is 12.6. The third-order valence-electron chi connectivity index (χ3n) is 10.00. The molecule has 4 unspecified atom stereocenters. The smallest absolute Gasteiger partial charge is 0.258 e. The first-order valence-electron chi connectivity index (χ1n) is 20.7. The zero-order valence-electron chi connectivity index (χ0n) is 36.7. The number of aryl methyl sites for hydroxylation is 2. The van der Waals surface area contributed by atoms with E-state index in [9.17, 15) is 28.8 Å². The molecule has 4 amide bonds. The van der Waals surface area contributed by atoms with Crippen molar-refractivity contribution in [3.8, 4) is 0 Å². The van der Waals surface area contributed by atoms with Gasteiger partial charge in [0.1, 0.15) is 0 Å². The molecule has 0 spiro atoms. The average Bonchev–Trinajstić information content (AvgIpc) is 3.26. The number of ketones is 2. The van der Waals surface area contributed by atoms with Crippen LogP contribution in [0.15, 0.2) is 118 Å². The lowest BCUT2D eigenvalue weighted by Gasteiger charge is -2.18. The first-order chi connectivity index (χ1) is 31.3. The predicted molar refractivity (Wildman–Crippen MR) is 261 cm³/mol. The lowest BCUT2D eigenvalue weighted by Crippen LogP contribution is -2.33. The second-order valence-corrected chi connectivity index (χ2v) is 17.3. The van der Waals surface area contributed by atoms with Crippen LogP contribution in [0.3, 0.4) is 0 Å². The van der Waals surface area contributed by atoms with E-state index in [1.54, 1.807) is 60.7 Å². The number of azo groups is 2. The van der Waals surface area contributed by atoms with E-state index in [2.05, 4.69) is 41.7 Å². The molecule has 0 aliphatic heterocycles. The summed E-state index contributed by atoms with van der Waals surface area (Å²) < 4.78 is 0. The summed E-state index contributed by atoms with van der Waals surface area (Å²) in [4.78, 5) is 78.9. The summed E-state index contributed by atoms with van der Waals surface area (Å²) in [6.45, 7) is 9.73. The molecule has 0 saturated carbocycles. The summed E-state index contributed by atoms with van der Waals surface area (Å²) in [5, 5.41) is 27.3. The van der Waals surface area contributed by atoms with Crippen LogP contribution in [0.1, 0.15) is 95.3 Å². The highest BCUT2D eigenvalue weighted by Gasteiger charge is 2.27. The van der Waals surface area contributed by atoms with Crippen molar-refractivity contribution in [2.24, 2.45) is 20.5 Å². The van der Waals surface area contributed by atoms with Crippen LogP contribution in [0.4, 0.5) is 34.1 Å². The Balaban J connectivity index is 1.29. The summed E-state index contributed by atoms with van der Waals surface area (Å²) >= 11 is 24.9. The average molecular weight is 973 g/mol. The maximum atomic E-state index is 13.6. The van der Waals surface area contributed by atoms with Crippen molar-refractivity contribution in [3.05, 3.63) is 140 Å². The van der Waals surface area contributed by atoms with E-state index in [1.807, 2.05) is 27.7 Å². The monoisotopic (exact) mass is 970 g/mol. The highest BCUT2D eigenvalue weighted by atomic mass is 35.5. The molecule has 0 aliphatic rings. The molecule has 4 atom stereocenters. The number of hydrogen-bond donors (Lipinski definition) is 4. The number of alkyl halides is 2. The van der Waals surface area contributed by atoms with Gasteiger partial charge in [0.25, 0.3) is 23.6 Å². The summed E-state index contributed by atoms with van der Waals surface area (Å²) in [6.07, 6.45) is 0.771. The van der Waals surface area contributed by atoms with Gasteiger partial charge >= 0.3 is 0 Å². The fraction of sp³-hybridized carbons (Fsp3) is 0.250. The zero-order valence-corrected chi connectivity index (χ0v) is 39.7. The number of halogens is 4. The number of benzene rings is 5. The van der Waals surface area contributed by atoms with E-state index in [0.29, 0.717) is 46.7 Å². The third-order valence-corrected chi connectivity index (χ3v) is 10.9. The van der Waals surface area contributed by atoms with Crippen LogP contribution in [-0.4, -0.2) is 47.3 Å². The Morgan fingerprint density at radius 2 is 0.864 bits per heavy atom. The van der Waals surface area contributed by atoms with Gasteiger partial charge in [-0.1, -0.05) is 61.3 Å². The van der Waals surface area contributed by atoms with Crippen molar-refractivity contribution in [1.82, 2.24) is 0 Å². The molecule has 14 nitrogen and oxygen atoms in total. The van der Waals surface area contributed by atoms with Gasteiger partial charge in [0, 0.05) is 43.9 Å². The first-order valence-corrected chi connectivity index (χ1v) is 22.3. The second kappa shape index (κ2) is 23.2. The highest BCUT2D eigenvalue weighted by molar-refractivity contribution is 6.32. The van der Waals surface area contributed by atoms with Crippen molar-refractivity contribution in [1.29, 1.82) is 0 Å². The minimum atomic E-state index is -1.57. The maximum Gasteiger partial charge on any atom is 0.258 e. The van der Waals surface area contributed by atoms with Gasteiger partial charge < -0.3 is 21.3 Å². The molecule has 0 radical (unpaired) electrons. The summed E-state index contributed by atoms with van der Waals surface area (Å²) in [6, 6.07) is 22.8. The first kappa shape index (κ1) is 50.7. The van der Waals surface area contributed by atoms with Gasteiger partial charge in [-0.25, -0.2) is 0 Å². The minimum Gasteiger partial charge on any atom is -0.323 e. The van der Waals surface area contributed by atoms with Crippen LogP contribution >= 0.6 is 46.4 Å². The van der Waals surface area contributed by atoms with Crippen molar-refractivity contribution in [3.63, 3.8) is 0 Å². The lowest BCUT2D eigenvalue weighted by molar-refractivity contribution is -0.127. The van der Waals surface area contributed by atoms with Crippen LogP contribution in [0, 0.1) is 0 Å². The van der Waals surface area contributed by atoms with Gasteiger partial charge in [-0.2, -0.15) is 20.5 Å². The fourth-order valence-electron chi connectivity index (χ4n) is 6.39. The molecule has 0 fully saturated rings. The summed E-state index contributed by atoms with van der Waals surface area (Å²) in [5.74, 6) is -3.71. The molecule has 66 heavy (non-hydrogen) atoms. The van der Waals surface area contributed by atoms with Crippen LogP contribution in [-0.2, 0) is 32.0 Å². The molecule has 18 heteroatoms. The van der Waals surface area contributed by atoms with Crippen LogP contribution < -0.4 is 21.3 Å². The van der Waals surface area contributed by atoms with Crippen molar-refractivity contribution in [2.75, 3.05) is 21.3 Å². The van der Waals surface area contributed by atoms with Crippen LogP contribution in [0.25, 0.3) is 0 Å². The number of amides is 4. The normalized spacial score (nSPS) is 13.1. The molecule has 5 rings (SSSR count). The molecule has 5 aromatic carbocycles. The zero-order chi connectivity index (χ0) is 48.2. The van der Waals surface area contributed by atoms with E-state index in [1.165, 1.54) is 50.2 Å². The molecule has 5 aromatic rings. The molecule has 342 valence electrons. The molecular formula is C48H46Cl4N8O6. The van der Waals surface area contributed by atoms with Crippen molar-refractivity contribution >= 4 is 116 Å². The van der Waals surface area contributed by atoms with Gasteiger partial charge in [-0.05, 0) is 136 Å².